The molecule has 0 radical (unpaired) electrons. The fourth-order valence-corrected chi connectivity index (χ4v) is 2.15. The van der Waals surface area contributed by atoms with Crippen molar-refractivity contribution in [2.45, 2.75) is 38.5 Å². The van der Waals surface area contributed by atoms with E-state index in [0.29, 0.717) is 11.4 Å². The fourth-order valence-electron chi connectivity index (χ4n) is 1.65. The number of hydrogen-bond acceptors (Lipinski definition) is 2. The minimum atomic E-state index is -0.782. The van der Waals surface area contributed by atoms with E-state index in [2.05, 4.69) is 9.24 Å². The van der Waals surface area contributed by atoms with Gasteiger partial charge in [0.2, 0.25) is 0 Å². The number of rotatable bonds is 5. The zero-order valence-electron chi connectivity index (χ0n) is 10.1. The predicted molar refractivity (Wildman–Crippen MR) is 74.6 cm³/mol. The summed E-state index contributed by atoms with van der Waals surface area (Å²) in [6.45, 7) is 3.83. The lowest BCUT2D eigenvalue weighted by Gasteiger charge is -2.18. The number of aryl methyl sites for hydroxylation is 1. The molecule has 0 aromatic heterocycles. The van der Waals surface area contributed by atoms with Crippen molar-refractivity contribution in [3.05, 3.63) is 34.3 Å². The molecule has 0 saturated carbocycles. The number of ketones is 1. The smallest absolute Gasteiger partial charge is 0.142 e. The summed E-state index contributed by atoms with van der Waals surface area (Å²) in [5.74, 6) is 0.0672. The maximum Gasteiger partial charge on any atom is 0.142 e. The molecular formula is C13H18ClO2P. The van der Waals surface area contributed by atoms with Crippen molar-refractivity contribution in [2.24, 2.45) is 0 Å². The average molecular weight is 273 g/mol. The molecule has 3 unspecified atom stereocenters. The Morgan fingerprint density at radius 2 is 2.18 bits per heavy atom. The van der Waals surface area contributed by atoms with Gasteiger partial charge in [0.05, 0.1) is 11.8 Å². The summed E-state index contributed by atoms with van der Waals surface area (Å²) < 4.78 is 0. The molecule has 2 nitrogen and oxygen atoms in total. The molecule has 0 aliphatic carbocycles. The summed E-state index contributed by atoms with van der Waals surface area (Å²) in [4.78, 5) is 11.7. The van der Waals surface area contributed by atoms with Crippen LogP contribution >= 0.6 is 20.8 Å². The summed E-state index contributed by atoms with van der Waals surface area (Å²) in [5.41, 5.74) is 1.19. The summed E-state index contributed by atoms with van der Waals surface area (Å²) in [6.07, 6.45) is 0.517. The van der Waals surface area contributed by atoms with Crippen LogP contribution in [-0.2, 0) is 4.79 Å². The van der Waals surface area contributed by atoms with E-state index in [1.807, 2.05) is 19.9 Å². The van der Waals surface area contributed by atoms with E-state index in [0.717, 1.165) is 17.5 Å². The molecule has 1 aromatic carbocycles. The quantitative estimate of drug-likeness (QED) is 0.835. The normalized spacial score (nSPS) is 14.4. The van der Waals surface area contributed by atoms with Gasteiger partial charge >= 0.3 is 0 Å². The number of hydrogen-bond donors (Lipinski definition) is 1. The fraction of sp³-hybridized carbons (Fsp3) is 0.462. The van der Waals surface area contributed by atoms with Crippen LogP contribution in [0, 0.1) is 6.92 Å². The van der Waals surface area contributed by atoms with Crippen LogP contribution in [-0.4, -0.2) is 16.5 Å². The van der Waals surface area contributed by atoms with E-state index < -0.39 is 11.8 Å². The van der Waals surface area contributed by atoms with E-state index >= 15 is 0 Å². The van der Waals surface area contributed by atoms with Crippen LogP contribution in [0.2, 0.25) is 5.02 Å². The third kappa shape index (κ3) is 3.77. The first kappa shape index (κ1) is 14.6. The summed E-state index contributed by atoms with van der Waals surface area (Å²) in [6, 6.07) is 5.33. The first-order chi connectivity index (χ1) is 7.97. The molecule has 0 heterocycles. The molecule has 0 amide bonds. The van der Waals surface area contributed by atoms with Gasteiger partial charge in [-0.05, 0) is 30.5 Å². The van der Waals surface area contributed by atoms with Crippen molar-refractivity contribution in [3.8, 4) is 0 Å². The van der Waals surface area contributed by atoms with Gasteiger partial charge in [0, 0.05) is 11.4 Å². The SMILES string of the molecule is CCCC(=O)C(P)C(O)c1ccc(Cl)c(C)c1. The summed E-state index contributed by atoms with van der Waals surface area (Å²) in [5, 5.41) is 10.8. The molecule has 0 fully saturated rings. The van der Waals surface area contributed by atoms with Gasteiger partial charge in [-0.15, -0.1) is 9.24 Å². The lowest BCUT2D eigenvalue weighted by Crippen LogP contribution is -2.22. The monoisotopic (exact) mass is 272 g/mol. The predicted octanol–water partition coefficient (Wildman–Crippen LogP) is 3.29. The van der Waals surface area contributed by atoms with Crippen molar-refractivity contribution in [3.63, 3.8) is 0 Å². The summed E-state index contributed by atoms with van der Waals surface area (Å²) >= 11 is 5.92. The molecule has 0 spiro atoms. The Hall–Kier alpha value is -0.430. The largest absolute Gasteiger partial charge is 0.387 e. The van der Waals surface area contributed by atoms with E-state index in [4.69, 9.17) is 11.6 Å². The second-order valence-electron chi connectivity index (χ2n) is 4.20. The van der Waals surface area contributed by atoms with E-state index in [9.17, 15) is 9.90 Å². The van der Waals surface area contributed by atoms with E-state index in [1.165, 1.54) is 0 Å². The zero-order valence-corrected chi connectivity index (χ0v) is 12.0. The van der Waals surface area contributed by atoms with Crippen LogP contribution in [0.5, 0.6) is 0 Å². The molecule has 0 aliphatic heterocycles. The van der Waals surface area contributed by atoms with E-state index in [-0.39, 0.29) is 5.78 Å². The highest BCUT2D eigenvalue weighted by Gasteiger charge is 2.23. The van der Waals surface area contributed by atoms with E-state index in [1.54, 1.807) is 12.1 Å². The van der Waals surface area contributed by atoms with Gasteiger partial charge in [0.1, 0.15) is 5.78 Å². The number of halogens is 1. The molecular weight excluding hydrogens is 255 g/mol. The molecule has 17 heavy (non-hydrogen) atoms. The van der Waals surface area contributed by atoms with Crippen LogP contribution in [0.25, 0.3) is 0 Å². The second-order valence-corrected chi connectivity index (χ2v) is 5.32. The highest BCUT2D eigenvalue weighted by atomic mass is 35.5. The standard InChI is InChI=1S/C13H18ClO2P/c1-3-4-11(15)13(17)12(16)9-5-6-10(14)8(2)7-9/h5-7,12-13,16H,3-4,17H2,1-2H3. The van der Waals surface area contributed by atoms with Crippen LogP contribution in [0.1, 0.15) is 37.0 Å². The number of aliphatic hydroxyl groups excluding tert-OH is 1. The minimum Gasteiger partial charge on any atom is -0.387 e. The van der Waals surface area contributed by atoms with Crippen molar-refractivity contribution in [2.75, 3.05) is 0 Å². The van der Waals surface area contributed by atoms with Gasteiger partial charge in [-0.2, -0.15) is 0 Å². The van der Waals surface area contributed by atoms with Crippen molar-refractivity contribution >= 4 is 26.6 Å². The molecule has 1 N–H and O–H groups in total. The maximum absolute atomic E-state index is 11.7. The Morgan fingerprint density at radius 3 is 2.71 bits per heavy atom. The number of carbonyl (C=O) groups excluding carboxylic acids is 1. The third-order valence-electron chi connectivity index (χ3n) is 2.73. The highest BCUT2D eigenvalue weighted by Crippen LogP contribution is 2.27. The second kappa shape index (κ2) is 6.49. The van der Waals surface area contributed by atoms with Gasteiger partial charge in [0.25, 0.3) is 0 Å². The van der Waals surface area contributed by atoms with Gasteiger partial charge in [-0.25, -0.2) is 0 Å². The summed E-state index contributed by atoms with van der Waals surface area (Å²) in [7, 11) is 2.43. The molecule has 4 heteroatoms. The van der Waals surface area contributed by atoms with Crippen LogP contribution in [0.15, 0.2) is 18.2 Å². The molecule has 3 atom stereocenters. The Labute approximate surface area is 110 Å². The molecule has 1 rings (SSSR count). The first-order valence-corrected chi connectivity index (χ1v) is 6.74. The van der Waals surface area contributed by atoms with Crippen LogP contribution in [0.3, 0.4) is 0 Å². The Morgan fingerprint density at radius 1 is 1.53 bits per heavy atom. The average Bonchev–Trinajstić information content (AvgIpc) is 2.31. The topological polar surface area (TPSA) is 37.3 Å². The number of aliphatic hydroxyl groups is 1. The van der Waals surface area contributed by atoms with Gasteiger partial charge in [-0.1, -0.05) is 30.7 Å². The van der Waals surface area contributed by atoms with Crippen LogP contribution < -0.4 is 0 Å². The van der Waals surface area contributed by atoms with Gasteiger partial charge < -0.3 is 5.11 Å². The number of benzene rings is 1. The van der Waals surface area contributed by atoms with Crippen molar-refractivity contribution in [1.82, 2.24) is 0 Å². The molecule has 94 valence electrons. The molecule has 1 aromatic rings. The van der Waals surface area contributed by atoms with Crippen LogP contribution in [0.4, 0.5) is 0 Å². The minimum absolute atomic E-state index is 0.0672. The Kier molecular flexibility index (Phi) is 5.58. The molecule has 0 bridgehead atoms. The van der Waals surface area contributed by atoms with Crippen molar-refractivity contribution < 1.29 is 9.90 Å². The molecule has 0 saturated heterocycles. The molecule has 0 aliphatic rings. The van der Waals surface area contributed by atoms with Gasteiger partial charge in [0.15, 0.2) is 0 Å². The third-order valence-corrected chi connectivity index (χ3v) is 3.89. The highest BCUT2D eigenvalue weighted by molar-refractivity contribution is 7.19. The number of Topliss-reactive ketones (excluding diaryl/α,β-unsaturated/α-hetero) is 1. The lowest BCUT2D eigenvalue weighted by atomic mass is 10.00. The zero-order chi connectivity index (χ0) is 13.0. The number of carbonyl (C=O) groups is 1. The maximum atomic E-state index is 11.7. The van der Waals surface area contributed by atoms with Crippen molar-refractivity contribution in [1.29, 1.82) is 0 Å². The Bertz CT molecular complexity index is 406. The lowest BCUT2D eigenvalue weighted by molar-refractivity contribution is -0.120. The van der Waals surface area contributed by atoms with Gasteiger partial charge in [-0.3, -0.25) is 4.79 Å². The first-order valence-electron chi connectivity index (χ1n) is 5.69. The Balaban J connectivity index is 2.84.